The maximum atomic E-state index is 12.9. The Labute approximate surface area is 159 Å². The van der Waals surface area contributed by atoms with E-state index in [1.54, 1.807) is 18.3 Å². The SMILES string of the molecule is CCC(C)(C)C1=C/C(=C/N=Nc2ccc(Cl)cc2)c2ccccc2C1=O. The molecule has 2 aromatic carbocycles. The Kier molecular flexibility index (Phi) is 5.19. The maximum Gasteiger partial charge on any atom is 0.190 e. The van der Waals surface area contributed by atoms with Crippen LogP contribution >= 0.6 is 11.6 Å². The molecule has 0 aromatic heterocycles. The summed E-state index contributed by atoms with van der Waals surface area (Å²) in [5.41, 5.74) is 3.85. The summed E-state index contributed by atoms with van der Waals surface area (Å²) in [4.78, 5) is 12.9. The van der Waals surface area contributed by atoms with E-state index in [2.05, 4.69) is 31.0 Å². The predicted octanol–water partition coefficient (Wildman–Crippen LogP) is 7.02. The lowest BCUT2D eigenvalue weighted by molar-refractivity contribution is 0.100. The summed E-state index contributed by atoms with van der Waals surface area (Å²) >= 11 is 5.89. The first-order chi connectivity index (χ1) is 12.4. The fraction of sp³-hybridized carbons (Fsp3) is 0.227. The average molecular weight is 365 g/mol. The summed E-state index contributed by atoms with van der Waals surface area (Å²) < 4.78 is 0. The second-order valence-electron chi connectivity index (χ2n) is 6.95. The smallest absolute Gasteiger partial charge is 0.190 e. The molecule has 0 saturated heterocycles. The monoisotopic (exact) mass is 364 g/mol. The van der Waals surface area contributed by atoms with E-state index in [1.165, 1.54) is 0 Å². The van der Waals surface area contributed by atoms with Gasteiger partial charge in [-0.05, 0) is 47.7 Å². The Hall–Kier alpha value is -2.52. The molecule has 0 heterocycles. The standard InChI is InChI=1S/C22H21ClN2O/c1-4-22(2,3)20-13-15(18-7-5-6-8-19(18)21(20)26)14-24-25-17-11-9-16(23)10-12-17/h5-14H,4H2,1-3H3/b15-14-,25-24?. The zero-order valence-corrected chi connectivity index (χ0v) is 15.9. The number of ketones is 1. The van der Waals surface area contributed by atoms with Crippen molar-refractivity contribution in [3.8, 4) is 0 Å². The summed E-state index contributed by atoms with van der Waals surface area (Å²) in [7, 11) is 0. The highest BCUT2D eigenvalue weighted by atomic mass is 35.5. The van der Waals surface area contributed by atoms with E-state index in [1.807, 2.05) is 42.5 Å². The summed E-state index contributed by atoms with van der Waals surface area (Å²) in [5, 5.41) is 9.11. The van der Waals surface area contributed by atoms with Crippen LogP contribution in [-0.4, -0.2) is 5.78 Å². The number of azo groups is 1. The minimum atomic E-state index is -0.197. The molecule has 26 heavy (non-hydrogen) atoms. The van der Waals surface area contributed by atoms with Crippen LogP contribution in [0.15, 0.2) is 76.6 Å². The molecule has 0 saturated carbocycles. The van der Waals surface area contributed by atoms with Gasteiger partial charge >= 0.3 is 0 Å². The van der Waals surface area contributed by atoms with Crippen LogP contribution in [0.2, 0.25) is 5.02 Å². The quantitative estimate of drug-likeness (QED) is 0.537. The number of hydrogen-bond acceptors (Lipinski definition) is 3. The molecule has 0 aliphatic heterocycles. The van der Waals surface area contributed by atoms with Crippen LogP contribution in [0.3, 0.4) is 0 Å². The van der Waals surface area contributed by atoms with E-state index in [-0.39, 0.29) is 11.2 Å². The van der Waals surface area contributed by atoms with Gasteiger partial charge in [-0.2, -0.15) is 10.2 Å². The number of hydrogen-bond donors (Lipinski definition) is 0. The van der Waals surface area contributed by atoms with Gasteiger partial charge in [0.05, 0.1) is 11.9 Å². The molecule has 0 N–H and O–H groups in total. The molecular formula is C22H21ClN2O. The number of fused-ring (bicyclic) bond motifs is 1. The molecule has 1 aliphatic rings. The Bertz CT molecular complexity index is 921. The zero-order valence-electron chi connectivity index (χ0n) is 15.2. The van der Waals surface area contributed by atoms with Crippen molar-refractivity contribution in [2.24, 2.45) is 15.6 Å². The number of carbonyl (C=O) groups is 1. The lowest BCUT2D eigenvalue weighted by Gasteiger charge is -2.29. The summed E-state index contributed by atoms with van der Waals surface area (Å²) in [5.74, 6) is 0.0965. The topological polar surface area (TPSA) is 41.8 Å². The van der Waals surface area contributed by atoms with Crippen LogP contribution in [0.4, 0.5) is 5.69 Å². The highest BCUT2D eigenvalue weighted by Crippen LogP contribution is 2.39. The van der Waals surface area contributed by atoms with Crippen LogP contribution < -0.4 is 0 Å². The highest BCUT2D eigenvalue weighted by molar-refractivity contribution is 6.30. The van der Waals surface area contributed by atoms with Crippen molar-refractivity contribution in [2.45, 2.75) is 27.2 Å². The molecule has 4 heteroatoms. The molecule has 3 rings (SSSR count). The molecule has 0 atom stereocenters. The molecule has 0 amide bonds. The summed E-state index contributed by atoms with van der Waals surface area (Å²) in [6.45, 7) is 6.29. The third-order valence-corrected chi connectivity index (χ3v) is 5.09. The van der Waals surface area contributed by atoms with Gasteiger partial charge in [0.25, 0.3) is 0 Å². The first kappa shape index (κ1) is 18.3. The number of carbonyl (C=O) groups excluding carboxylic acids is 1. The molecule has 0 fully saturated rings. The molecule has 0 bridgehead atoms. The first-order valence-electron chi connectivity index (χ1n) is 8.65. The van der Waals surface area contributed by atoms with Crippen molar-refractivity contribution >= 4 is 28.6 Å². The Morgan fingerprint density at radius 2 is 1.69 bits per heavy atom. The van der Waals surface area contributed by atoms with Crippen molar-refractivity contribution in [3.05, 3.63) is 82.5 Å². The fourth-order valence-electron chi connectivity index (χ4n) is 2.84. The van der Waals surface area contributed by atoms with Crippen molar-refractivity contribution in [2.75, 3.05) is 0 Å². The van der Waals surface area contributed by atoms with E-state index in [4.69, 9.17) is 11.6 Å². The lowest BCUT2D eigenvalue weighted by atomic mass is 9.73. The van der Waals surface area contributed by atoms with Gasteiger partial charge in [0.2, 0.25) is 0 Å². The normalized spacial score (nSPS) is 16.1. The molecular weight excluding hydrogens is 344 g/mol. The van der Waals surface area contributed by atoms with Gasteiger partial charge < -0.3 is 0 Å². The summed E-state index contributed by atoms with van der Waals surface area (Å²) in [6.07, 6.45) is 4.55. The van der Waals surface area contributed by atoms with Crippen LogP contribution in [0.5, 0.6) is 0 Å². The van der Waals surface area contributed by atoms with Crippen molar-refractivity contribution in [3.63, 3.8) is 0 Å². The van der Waals surface area contributed by atoms with Crippen LogP contribution in [0.25, 0.3) is 5.57 Å². The van der Waals surface area contributed by atoms with Gasteiger partial charge in [-0.3, -0.25) is 4.79 Å². The van der Waals surface area contributed by atoms with Gasteiger partial charge in [0.15, 0.2) is 5.78 Å². The zero-order chi connectivity index (χ0) is 18.7. The van der Waals surface area contributed by atoms with E-state index in [0.29, 0.717) is 5.02 Å². The van der Waals surface area contributed by atoms with Crippen LogP contribution in [0, 0.1) is 5.41 Å². The maximum absolute atomic E-state index is 12.9. The molecule has 0 unspecified atom stereocenters. The Morgan fingerprint density at radius 1 is 1.04 bits per heavy atom. The fourth-order valence-corrected chi connectivity index (χ4v) is 2.97. The second-order valence-corrected chi connectivity index (χ2v) is 7.38. The molecule has 1 aliphatic carbocycles. The number of nitrogens with zero attached hydrogens (tertiary/aromatic N) is 2. The van der Waals surface area contributed by atoms with Crippen molar-refractivity contribution in [1.82, 2.24) is 0 Å². The third-order valence-electron chi connectivity index (χ3n) is 4.84. The highest BCUT2D eigenvalue weighted by Gasteiger charge is 2.32. The molecule has 0 radical (unpaired) electrons. The average Bonchev–Trinajstić information content (AvgIpc) is 2.65. The Morgan fingerprint density at radius 3 is 2.35 bits per heavy atom. The first-order valence-corrected chi connectivity index (χ1v) is 9.03. The van der Waals surface area contributed by atoms with E-state index in [9.17, 15) is 4.79 Å². The molecule has 2 aromatic rings. The van der Waals surface area contributed by atoms with Crippen LogP contribution in [-0.2, 0) is 0 Å². The van der Waals surface area contributed by atoms with Gasteiger partial charge in [-0.25, -0.2) is 0 Å². The van der Waals surface area contributed by atoms with E-state index < -0.39 is 0 Å². The number of allylic oxidation sites excluding steroid dienone is 3. The minimum Gasteiger partial charge on any atom is -0.289 e. The van der Waals surface area contributed by atoms with Crippen molar-refractivity contribution < 1.29 is 4.79 Å². The third kappa shape index (κ3) is 3.68. The number of Topliss-reactive ketones (excluding diaryl/α,β-unsaturated/α-hetero) is 1. The number of rotatable bonds is 4. The number of halogens is 1. The Balaban J connectivity index is 2.02. The second kappa shape index (κ2) is 7.38. The van der Waals surface area contributed by atoms with Gasteiger partial charge in [0, 0.05) is 21.7 Å². The molecule has 3 nitrogen and oxygen atoms in total. The van der Waals surface area contributed by atoms with E-state index in [0.717, 1.165) is 34.4 Å². The minimum absolute atomic E-state index is 0.0965. The lowest BCUT2D eigenvalue weighted by Crippen LogP contribution is -2.24. The molecule has 132 valence electrons. The van der Waals surface area contributed by atoms with Crippen LogP contribution in [0.1, 0.15) is 43.1 Å². The van der Waals surface area contributed by atoms with Crippen molar-refractivity contribution in [1.29, 1.82) is 0 Å². The van der Waals surface area contributed by atoms with Gasteiger partial charge in [-0.1, -0.05) is 56.6 Å². The van der Waals surface area contributed by atoms with Gasteiger partial charge in [0.1, 0.15) is 0 Å². The van der Waals surface area contributed by atoms with Gasteiger partial charge in [-0.15, -0.1) is 0 Å². The predicted molar refractivity (Wildman–Crippen MR) is 107 cm³/mol. The summed E-state index contributed by atoms with van der Waals surface area (Å²) in [6, 6.07) is 14.8. The number of benzene rings is 2. The largest absolute Gasteiger partial charge is 0.289 e. The van der Waals surface area contributed by atoms with E-state index >= 15 is 0 Å². The molecule has 0 spiro atoms.